The molecular formula is C14H17N5O3S. The molecule has 0 aromatic carbocycles. The maximum absolute atomic E-state index is 12.6. The second-order valence-electron chi connectivity index (χ2n) is 5.33. The van der Waals surface area contributed by atoms with Crippen molar-refractivity contribution in [2.24, 2.45) is 0 Å². The number of carbonyl (C=O) groups excluding carboxylic acids is 1. The van der Waals surface area contributed by atoms with Crippen molar-refractivity contribution in [1.82, 2.24) is 23.7 Å². The molecule has 2 aromatic heterocycles. The summed E-state index contributed by atoms with van der Waals surface area (Å²) in [6.07, 6.45) is 7.77. The Bertz CT molecular complexity index is 796. The molecule has 0 radical (unpaired) electrons. The van der Waals surface area contributed by atoms with Crippen molar-refractivity contribution in [1.29, 1.82) is 0 Å². The van der Waals surface area contributed by atoms with E-state index < -0.39 is 10.0 Å². The molecule has 0 saturated carbocycles. The normalized spacial score (nSPS) is 16.5. The number of hydrogen-bond acceptors (Lipinski definition) is 5. The van der Waals surface area contributed by atoms with E-state index in [2.05, 4.69) is 9.97 Å². The van der Waals surface area contributed by atoms with Gasteiger partial charge in [-0.15, -0.1) is 0 Å². The van der Waals surface area contributed by atoms with E-state index in [0.29, 0.717) is 37.6 Å². The summed E-state index contributed by atoms with van der Waals surface area (Å²) in [5, 5.41) is 0. The Morgan fingerprint density at radius 2 is 1.91 bits per heavy atom. The number of nitrogens with zero attached hydrogens (tertiary/aromatic N) is 5. The highest BCUT2D eigenvalue weighted by Gasteiger charge is 2.26. The third-order valence-electron chi connectivity index (χ3n) is 3.76. The van der Waals surface area contributed by atoms with Crippen molar-refractivity contribution in [3.63, 3.8) is 0 Å². The van der Waals surface area contributed by atoms with Gasteiger partial charge >= 0.3 is 0 Å². The SMILES string of the molecule is CS(=O)(=O)N1CCN(C(=O)c2ccnc(-n3ccnc3)c2)CC1. The second kappa shape index (κ2) is 6.09. The third kappa shape index (κ3) is 3.40. The lowest BCUT2D eigenvalue weighted by Crippen LogP contribution is -2.50. The molecule has 3 rings (SSSR count). The standard InChI is InChI=1S/C14H17N5O3S/c1-23(21,22)19-8-6-17(7-9-19)14(20)12-2-3-16-13(10-12)18-5-4-15-11-18/h2-5,10-11H,6-9H2,1H3. The van der Waals surface area contributed by atoms with Gasteiger partial charge in [0.05, 0.1) is 6.26 Å². The molecule has 1 saturated heterocycles. The predicted molar refractivity (Wildman–Crippen MR) is 83.7 cm³/mol. The van der Waals surface area contributed by atoms with Crippen molar-refractivity contribution in [3.05, 3.63) is 42.6 Å². The fourth-order valence-electron chi connectivity index (χ4n) is 2.49. The maximum Gasteiger partial charge on any atom is 0.254 e. The van der Waals surface area contributed by atoms with Gasteiger partial charge in [-0.2, -0.15) is 4.31 Å². The number of piperazine rings is 1. The first-order valence-electron chi connectivity index (χ1n) is 7.14. The van der Waals surface area contributed by atoms with Gasteiger partial charge in [0.25, 0.3) is 5.91 Å². The zero-order valence-electron chi connectivity index (χ0n) is 12.7. The Kier molecular flexibility index (Phi) is 4.14. The maximum atomic E-state index is 12.6. The lowest BCUT2D eigenvalue weighted by molar-refractivity contribution is 0.0698. The minimum Gasteiger partial charge on any atom is -0.336 e. The largest absolute Gasteiger partial charge is 0.336 e. The van der Waals surface area contributed by atoms with Crippen LogP contribution in [-0.4, -0.2) is 70.5 Å². The first-order valence-corrected chi connectivity index (χ1v) is 8.99. The highest BCUT2D eigenvalue weighted by molar-refractivity contribution is 7.88. The molecule has 0 bridgehead atoms. The van der Waals surface area contributed by atoms with E-state index in [1.807, 2.05) is 0 Å². The van der Waals surface area contributed by atoms with Gasteiger partial charge in [0.2, 0.25) is 10.0 Å². The van der Waals surface area contributed by atoms with Crippen LogP contribution in [-0.2, 0) is 10.0 Å². The Balaban J connectivity index is 1.73. The van der Waals surface area contributed by atoms with Crippen LogP contribution < -0.4 is 0 Å². The molecule has 3 heterocycles. The van der Waals surface area contributed by atoms with E-state index in [-0.39, 0.29) is 5.91 Å². The molecule has 9 heteroatoms. The zero-order chi connectivity index (χ0) is 16.4. The summed E-state index contributed by atoms with van der Waals surface area (Å²) in [5.41, 5.74) is 0.525. The number of pyridine rings is 1. The second-order valence-corrected chi connectivity index (χ2v) is 7.31. The molecule has 1 amide bonds. The number of hydrogen-bond donors (Lipinski definition) is 0. The van der Waals surface area contributed by atoms with Crippen molar-refractivity contribution < 1.29 is 13.2 Å². The molecule has 0 N–H and O–H groups in total. The van der Waals surface area contributed by atoms with Crippen LogP contribution in [0.15, 0.2) is 37.1 Å². The van der Waals surface area contributed by atoms with Crippen LogP contribution >= 0.6 is 0 Å². The summed E-state index contributed by atoms with van der Waals surface area (Å²) in [4.78, 5) is 22.4. The van der Waals surface area contributed by atoms with E-state index in [0.717, 1.165) is 0 Å². The number of amides is 1. The van der Waals surface area contributed by atoms with E-state index >= 15 is 0 Å². The minimum atomic E-state index is -3.20. The first kappa shape index (κ1) is 15.6. The molecule has 1 aliphatic heterocycles. The third-order valence-corrected chi connectivity index (χ3v) is 5.06. The van der Waals surface area contributed by atoms with Crippen LogP contribution in [0, 0.1) is 0 Å². The van der Waals surface area contributed by atoms with Gasteiger partial charge < -0.3 is 4.90 Å². The Labute approximate surface area is 134 Å². The Morgan fingerprint density at radius 3 is 2.52 bits per heavy atom. The molecule has 122 valence electrons. The van der Waals surface area contributed by atoms with Crippen LogP contribution in [0.4, 0.5) is 0 Å². The highest BCUT2D eigenvalue weighted by atomic mass is 32.2. The van der Waals surface area contributed by atoms with Crippen LogP contribution in [0.5, 0.6) is 0 Å². The zero-order valence-corrected chi connectivity index (χ0v) is 13.5. The molecule has 0 spiro atoms. The molecule has 0 unspecified atom stereocenters. The van der Waals surface area contributed by atoms with Crippen LogP contribution in [0.1, 0.15) is 10.4 Å². The summed E-state index contributed by atoms with van der Waals surface area (Å²) >= 11 is 0. The lowest BCUT2D eigenvalue weighted by Gasteiger charge is -2.33. The van der Waals surface area contributed by atoms with Crippen LogP contribution in [0.2, 0.25) is 0 Å². The van der Waals surface area contributed by atoms with Gasteiger partial charge in [-0.25, -0.2) is 18.4 Å². The smallest absolute Gasteiger partial charge is 0.254 e. The summed E-state index contributed by atoms with van der Waals surface area (Å²) in [7, 11) is -3.20. The molecule has 0 aliphatic carbocycles. The number of imidazole rings is 1. The fraction of sp³-hybridized carbons (Fsp3) is 0.357. The molecule has 1 aliphatic rings. The molecule has 2 aromatic rings. The number of aromatic nitrogens is 3. The van der Waals surface area contributed by atoms with Crippen molar-refractivity contribution in [2.75, 3.05) is 32.4 Å². The quantitative estimate of drug-likeness (QED) is 0.787. The Morgan fingerprint density at radius 1 is 1.17 bits per heavy atom. The predicted octanol–water partition coefficient (Wildman–Crippen LogP) is -0.0153. The molecule has 0 atom stereocenters. The number of rotatable bonds is 3. The molecular weight excluding hydrogens is 318 g/mol. The average molecular weight is 335 g/mol. The summed E-state index contributed by atoms with van der Waals surface area (Å²) in [6.45, 7) is 1.41. The van der Waals surface area contributed by atoms with E-state index in [9.17, 15) is 13.2 Å². The number of carbonyl (C=O) groups is 1. The summed E-state index contributed by atoms with van der Waals surface area (Å²) in [6, 6.07) is 3.36. The summed E-state index contributed by atoms with van der Waals surface area (Å²) < 4.78 is 26.1. The number of sulfonamides is 1. The Hall–Kier alpha value is -2.26. The molecule has 8 nitrogen and oxygen atoms in total. The van der Waals surface area contributed by atoms with Crippen LogP contribution in [0.25, 0.3) is 5.82 Å². The van der Waals surface area contributed by atoms with Gasteiger partial charge in [0.1, 0.15) is 12.1 Å². The minimum absolute atomic E-state index is 0.123. The van der Waals surface area contributed by atoms with Gasteiger partial charge in [-0.3, -0.25) is 9.36 Å². The first-order chi connectivity index (χ1) is 10.9. The average Bonchev–Trinajstić information content (AvgIpc) is 3.08. The van der Waals surface area contributed by atoms with Crippen molar-refractivity contribution >= 4 is 15.9 Å². The van der Waals surface area contributed by atoms with Crippen molar-refractivity contribution in [2.45, 2.75) is 0 Å². The van der Waals surface area contributed by atoms with Gasteiger partial charge in [-0.05, 0) is 12.1 Å². The monoisotopic (exact) mass is 335 g/mol. The topological polar surface area (TPSA) is 88.4 Å². The van der Waals surface area contributed by atoms with Gasteiger partial charge in [-0.1, -0.05) is 0 Å². The van der Waals surface area contributed by atoms with Crippen LogP contribution in [0.3, 0.4) is 0 Å². The lowest BCUT2D eigenvalue weighted by atomic mass is 10.2. The van der Waals surface area contributed by atoms with Gasteiger partial charge in [0.15, 0.2) is 0 Å². The fourth-order valence-corrected chi connectivity index (χ4v) is 3.32. The van der Waals surface area contributed by atoms with E-state index in [4.69, 9.17) is 0 Å². The van der Waals surface area contributed by atoms with E-state index in [1.54, 1.807) is 46.5 Å². The highest BCUT2D eigenvalue weighted by Crippen LogP contribution is 2.13. The van der Waals surface area contributed by atoms with Gasteiger partial charge in [0, 0.05) is 50.3 Å². The molecule has 1 fully saturated rings. The van der Waals surface area contributed by atoms with Crippen molar-refractivity contribution in [3.8, 4) is 5.82 Å². The summed E-state index contributed by atoms with van der Waals surface area (Å²) in [5.74, 6) is 0.491. The van der Waals surface area contributed by atoms with E-state index in [1.165, 1.54) is 10.6 Å². The molecule has 23 heavy (non-hydrogen) atoms.